The summed E-state index contributed by atoms with van der Waals surface area (Å²) >= 11 is 0. The van der Waals surface area contributed by atoms with Gasteiger partial charge in [0.2, 0.25) is 0 Å². The van der Waals surface area contributed by atoms with E-state index < -0.39 is 43.1 Å². The number of carboxylic acid groups (broad SMARTS) is 1. The number of rotatable bonds is 4. The third-order valence-electron chi connectivity index (χ3n) is 5.01. The molecule has 2 heterocycles. The lowest BCUT2D eigenvalue weighted by molar-refractivity contribution is -0.187. The van der Waals surface area contributed by atoms with Crippen molar-refractivity contribution in [2.45, 2.75) is 39.0 Å². The number of hydrogen-bond donors (Lipinski definition) is 2. The lowest BCUT2D eigenvalue weighted by Crippen LogP contribution is -2.45. The molecule has 2 fully saturated rings. The van der Waals surface area contributed by atoms with Crippen molar-refractivity contribution in [1.82, 2.24) is 10.2 Å². The largest absolute Gasteiger partial charge is 0.481 e. The summed E-state index contributed by atoms with van der Waals surface area (Å²) in [5, 5.41) is 11.7. The highest BCUT2D eigenvalue weighted by Crippen LogP contribution is 2.37. The molecule has 0 aromatic heterocycles. The van der Waals surface area contributed by atoms with Gasteiger partial charge in [-0.15, -0.1) is 0 Å². The zero-order chi connectivity index (χ0) is 18.8. The third-order valence-corrected chi connectivity index (χ3v) is 5.01. The summed E-state index contributed by atoms with van der Waals surface area (Å²) in [5.74, 6) is -4.79. The van der Waals surface area contributed by atoms with Crippen LogP contribution in [0.2, 0.25) is 0 Å². The molecule has 2 rings (SSSR count). The van der Waals surface area contributed by atoms with Crippen LogP contribution >= 0.6 is 0 Å². The maximum atomic E-state index is 13.0. The van der Waals surface area contributed by atoms with Crippen molar-refractivity contribution in [2.24, 2.45) is 23.7 Å². The first-order valence-electron chi connectivity index (χ1n) is 8.55. The smallest absolute Gasteiger partial charge is 0.394 e. The topological polar surface area (TPSA) is 78.9 Å². The second kappa shape index (κ2) is 7.80. The summed E-state index contributed by atoms with van der Waals surface area (Å²) in [6.07, 6.45) is -2.88. The van der Waals surface area contributed by atoms with Crippen LogP contribution < -0.4 is 5.32 Å². The second-order valence-corrected chi connectivity index (χ2v) is 7.17. The van der Waals surface area contributed by atoms with E-state index in [9.17, 15) is 22.8 Å². The average molecular weight is 366 g/mol. The van der Waals surface area contributed by atoms with Gasteiger partial charge in [-0.2, -0.15) is 13.2 Å². The van der Waals surface area contributed by atoms with E-state index in [4.69, 9.17) is 9.84 Å². The summed E-state index contributed by atoms with van der Waals surface area (Å²) in [5.41, 5.74) is 0. The van der Waals surface area contributed by atoms with E-state index in [0.717, 1.165) is 17.7 Å². The normalized spacial score (nSPS) is 30.6. The number of nitrogens with zero attached hydrogens (tertiary/aromatic N) is 1. The number of aliphatic carboxylic acids is 1. The maximum absolute atomic E-state index is 13.0. The Morgan fingerprint density at radius 2 is 2.00 bits per heavy atom. The van der Waals surface area contributed by atoms with Gasteiger partial charge in [0.1, 0.15) is 0 Å². The zero-order valence-electron chi connectivity index (χ0n) is 14.4. The van der Waals surface area contributed by atoms with Crippen LogP contribution in [0.25, 0.3) is 0 Å². The summed E-state index contributed by atoms with van der Waals surface area (Å²) in [6.45, 7) is 3.98. The maximum Gasteiger partial charge on any atom is 0.394 e. The Morgan fingerprint density at radius 3 is 2.52 bits per heavy atom. The molecule has 0 aromatic carbocycles. The van der Waals surface area contributed by atoms with Crippen molar-refractivity contribution < 1.29 is 32.6 Å². The number of halogens is 3. The second-order valence-electron chi connectivity index (χ2n) is 7.17. The number of carbonyl (C=O) groups excluding carboxylic acids is 1. The van der Waals surface area contributed by atoms with Crippen LogP contribution in [0.4, 0.5) is 18.0 Å². The van der Waals surface area contributed by atoms with Crippen molar-refractivity contribution in [1.29, 1.82) is 0 Å². The molecular weight excluding hydrogens is 341 g/mol. The molecule has 9 heteroatoms. The first-order valence-corrected chi connectivity index (χ1v) is 8.55. The molecule has 0 bridgehead atoms. The van der Waals surface area contributed by atoms with Gasteiger partial charge in [0, 0.05) is 32.2 Å². The fourth-order valence-corrected chi connectivity index (χ4v) is 3.70. The van der Waals surface area contributed by atoms with Gasteiger partial charge in [-0.3, -0.25) is 4.79 Å². The van der Waals surface area contributed by atoms with Crippen molar-refractivity contribution in [3.63, 3.8) is 0 Å². The standard InChI is InChI=1S/C16H25F3N2O4/c1-9(2)13-10(4-3-5-25-13)6-20-15(24)21-7-11(14(22)23)12(8-21)16(17,18)19/h9-13H,3-8H2,1-2H3,(H,20,24)(H,22,23)/t10?,11-,12-,13?/m1/s1. The summed E-state index contributed by atoms with van der Waals surface area (Å²) in [6, 6.07) is -0.647. The fourth-order valence-electron chi connectivity index (χ4n) is 3.70. The number of likely N-dealkylation sites (tertiary alicyclic amines) is 1. The monoisotopic (exact) mass is 366 g/mol. The number of carbonyl (C=O) groups is 2. The first kappa shape index (κ1) is 19.8. The van der Waals surface area contributed by atoms with Crippen LogP contribution in [0.5, 0.6) is 0 Å². The van der Waals surface area contributed by atoms with Gasteiger partial charge < -0.3 is 20.1 Å². The van der Waals surface area contributed by atoms with Crippen LogP contribution in [-0.2, 0) is 9.53 Å². The van der Waals surface area contributed by atoms with Crippen molar-refractivity contribution >= 4 is 12.0 Å². The Morgan fingerprint density at radius 1 is 1.32 bits per heavy atom. The van der Waals surface area contributed by atoms with E-state index in [2.05, 4.69) is 5.32 Å². The average Bonchev–Trinajstić information content (AvgIpc) is 2.98. The Bertz CT molecular complexity index is 498. The van der Waals surface area contributed by atoms with E-state index in [1.165, 1.54) is 0 Å². The molecule has 2 aliphatic heterocycles. The van der Waals surface area contributed by atoms with Gasteiger partial charge in [-0.1, -0.05) is 13.8 Å². The Labute approximate surface area is 144 Å². The number of hydrogen-bond acceptors (Lipinski definition) is 3. The molecule has 6 nitrogen and oxygen atoms in total. The van der Waals surface area contributed by atoms with Crippen molar-refractivity contribution in [3.8, 4) is 0 Å². The highest BCUT2D eigenvalue weighted by Gasteiger charge is 2.53. The minimum atomic E-state index is -4.64. The van der Waals surface area contributed by atoms with Gasteiger partial charge in [0.05, 0.1) is 17.9 Å². The highest BCUT2D eigenvalue weighted by molar-refractivity contribution is 5.77. The number of alkyl halides is 3. The molecule has 0 radical (unpaired) electrons. The molecule has 2 saturated heterocycles. The van der Waals surface area contributed by atoms with E-state index in [1.807, 2.05) is 13.8 Å². The number of carboxylic acids is 1. The highest BCUT2D eigenvalue weighted by atomic mass is 19.4. The lowest BCUT2D eigenvalue weighted by Gasteiger charge is -2.34. The van der Waals surface area contributed by atoms with Crippen LogP contribution in [-0.4, -0.2) is 60.5 Å². The zero-order valence-corrected chi connectivity index (χ0v) is 14.4. The number of amides is 2. The van der Waals surface area contributed by atoms with E-state index in [-0.39, 0.29) is 17.9 Å². The predicted molar refractivity (Wildman–Crippen MR) is 82.9 cm³/mol. The molecule has 0 spiro atoms. The summed E-state index contributed by atoms with van der Waals surface area (Å²) < 4.78 is 44.7. The van der Waals surface area contributed by atoms with Gasteiger partial charge in [-0.25, -0.2) is 4.79 Å². The van der Waals surface area contributed by atoms with Gasteiger partial charge >= 0.3 is 18.2 Å². The summed E-state index contributed by atoms with van der Waals surface area (Å²) in [4.78, 5) is 24.2. The summed E-state index contributed by atoms with van der Waals surface area (Å²) in [7, 11) is 0. The minimum Gasteiger partial charge on any atom is -0.481 e. The van der Waals surface area contributed by atoms with Gasteiger partial charge in [0.25, 0.3) is 0 Å². The number of nitrogens with one attached hydrogen (secondary N) is 1. The Hall–Kier alpha value is -1.51. The quantitative estimate of drug-likeness (QED) is 0.801. The molecule has 2 amide bonds. The number of ether oxygens (including phenoxy) is 1. The minimum absolute atomic E-state index is 0.00215. The van der Waals surface area contributed by atoms with Crippen molar-refractivity contribution in [3.05, 3.63) is 0 Å². The van der Waals surface area contributed by atoms with E-state index in [0.29, 0.717) is 13.2 Å². The first-order chi connectivity index (χ1) is 11.6. The predicted octanol–water partition coefficient (Wildman–Crippen LogP) is 2.34. The molecule has 0 aromatic rings. The SMILES string of the molecule is CC(C)C1OCCCC1CNC(=O)N1C[C@@H](C(F)(F)F)[C@H](C(=O)O)C1. The molecule has 25 heavy (non-hydrogen) atoms. The van der Waals surface area contributed by atoms with Gasteiger partial charge in [-0.05, 0) is 18.8 Å². The van der Waals surface area contributed by atoms with Crippen LogP contribution in [0.15, 0.2) is 0 Å². The molecule has 2 unspecified atom stereocenters. The molecule has 2 N–H and O–H groups in total. The van der Waals surface area contributed by atoms with E-state index in [1.54, 1.807) is 0 Å². The molecule has 4 atom stereocenters. The molecule has 0 aliphatic carbocycles. The molecular formula is C16H25F3N2O4. The van der Waals surface area contributed by atoms with Crippen molar-refractivity contribution in [2.75, 3.05) is 26.2 Å². The van der Waals surface area contributed by atoms with Crippen LogP contribution in [0.1, 0.15) is 26.7 Å². The van der Waals surface area contributed by atoms with Gasteiger partial charge in [0.15, 0.2) is 0 Å². The molecule has 0 saturated carbocycles. The third kappa shape index (κ3) is 4.77. The van der Waals surface area contributed by atoms with Crippen LogP contribution in [0, 0.1) is 23.7 Å². The lowest BCUT2D eigenvalue weighted by atomic mass is 9.87. The Balaban J connectivity index is 1.93. The van der Waals surface area contributed by atoms with E-state index >= 15 is 0 Å². The van der Waals surface area contributed by atoms with Crippen LogP contribution in [0.3, 0.4) is 0 Å². The Kier molecular flexibility index (Phi) is 6.18. The molecule has 2 aliphatic rings. The molecule has 144 valence electrons. The fraction of sp³-hybridized carbons (Fsp3) is 0.875. The number of urea groups is 1.